The first kappa shape index (κ1) is 17.0. The van der Waals surface area contributed by atoms with Crippen LogP contribution in [0.2, 0.25) is 0 Å². The molecule has 1 N–H and O–H groups in total. The summed E-state index contributed by atoms with van der Waals surface area (Å²) in [6.07, 6.45) is -3.90. The minimum absolute atomic E-state index is 0.0930. The van der Waals surface area contributed by atoms with Gasteiger partial charge in [-0.2, -0.15) is 18.2 Å². The molecule has 0 atom stereocenters. The van der Waals surface area contributed by atoms with E-state index in [1.807, 2.05) is 18.2 Å². The van der Waals surface area contributed by atoms with Gasteiger partial charge in [-0.25, -0.2) is 9.50 Å². The van der Waals surface area contributed by atoms with E-state index >= 15 is 0 Å². The highest BCUT2D eigenvalue weighted by atomic mass is 19.4. The van der Waals surface area contributed by atoms with Gasteiger partial charge in [0.05, 0.1) is 11.9 Å². The molecule has 4 rings (SSSR count). The van der Waals surface area contributed by atoms with Crippen LogP contribution in [0, 0.1) is 0 Å². The van der Waals surface area contributed by atoms with E-state index in [1.54, 1.807) is 36.0 Å². The van der Waals surface area contributed by atoms with Gasteiger partial charge in [-0.1, -0.05) is 23.4 Å². The Balaban J connectivity index is 1.67. The molecule has 0 aliphatic heterocycles. The Labute approximate surface area is 150 Å². The number of hydrogen-bond acceptors (Lipinski definition) is 6. The molecule has 1 aromatic carbocycles. The first-order valence-electron chi connectivity index (χ1n) is 7.95. The smallest absolute Gasteiger partial charge is 0.372 e. The molecule has 7 nitrogen and oxygen atoms in total. The maximum atomic E-state index is 12.4. The standard InChI is InChI=1S/C17H13F3N6O/c1-21-13-5-6-14-22-12(9-26(14)24-13)10-3-2-4-11(7-10)16-23-15(27-25-16)8-17(18,19)20/h2-7,9H,8H2,1H3,(H,21,24). The summed E-state index contributed by atoms with van der Waals surface area (Å²) in [7, 11) is 1.77. The van der Waals surface area contributed by atoms with Crippen molar-refractivity contribution in [2.45, 2.75) is 12.6 Å². The van der Waals surface area contributed by atoms with Crippen LogP contribution in [-0.4, -0.2) is 38.0 Å². The molecule has 0 amide bonds. The average molecular weight is 374 g/mol. The lowest BCUT2D eigenvalue weighted by atomic mass is 10.1. The molecule has 27 heavy (non-hydrogen) atoms. The number of benzene rings is 1. The molecule has 0 radical (unpaired) electrons. The molecule has 0 aliphatic rings. The van der Waals surface area contributed by atoms with Crippen molar-refractivity contribution in [2.24, 2.45) is 0 Å². The number of anilines is 1. The number of aromatic nitrogens is 5. The Kier molecular flexibility index (Phi) is 4.02. The lowest BCUT2D eigenvalue weighted by Crippen LogP contribution is -2.11. The third kappa shape index (κ3) is 3.59. The van der Waals surface area contributed by atoms with Crippen molar-refractivity contribution in [3.8, 4) is 22.6 Å². The van der Waals surface area contributed by atoms with Gasteiger partial charge < -0.3 is 9.84 Å². The van der Waals surface area contributed by atoms with E-state index in [1.165, 1.54) is 0 Å². The fourth-order valence-electron chi connectivity index (χ4n) is 2.59. The molecule has 4 aromatic rings. The van der Waals surface area contributed by atoms with E-state index in [9.17, 15) is 13.2 Å². The Morgan fingerprint density at radius 2 is 1.93 bits per heavy atom. The first-order chi connectivity index (χ1) is 12.9. The number of imidazole rings is 1. The van der Waals surface area contributed by atoms with Gasteiger partial charge in [-0.05, 0) is 18.2 Å². The Morgan fingerprint density at radius 1 is 1.11 bits per heavy atom. The molecule has 0 unspecified atom stereocenters. The summed E-state index contributed by atoms with van der Waals surface area (Å²) in [5, 5.41) is 10.9. The van der Waals surface area contributed by atoms with Crippen molar-refractivity contribution >= 4 is 11.5 Å². The van der Waals surface area contributed by atoms with Gasteiger partial charge >= 0.3 is 6.18 Å². The summed E-state index contributed by atoms with van der Waals surface area (Å²) in [4.78, 5) is 8.33. The van der Waals surface area contributed by atoms with E-state index in [4.69, 9.17) is 4.52 Å². The van der Waals surface area contributed by atoms with Crippen LogP contribution < -0.4 is 5.32 Å². The summed E-state index contributed by atoms with van der Waals surface area (Å²) in [5.74, 6) is 0.319. The maximum absolute atomic E-state index is 12.4. The van der Waals surface area contributed by atoms with Crippen LogP contribution >= 0.6 is 0 Å². The maximum Gasteiger partial charge on any atom is 0.397 e. The Hall–Kier alpha value is -3.43. The second-order valence-corrected chi connectivity index (χ2v) is 5.78. The van der Waals surface area contributed by atoms with Crippen LogP contribution in [0.25, 0.3) is 28.3 Å². The molecule has 3 aromatic heterocycles. The number of nitrogens with zero attached hydrogens (tertiary/aromatic N) is 5. The fraction of sp³-hybridized carbons (Fsp3) is 0.176. The minimum atomic E-state index is -4.40. The number of nitrogens with one attached hydrogen (secondary N) is 1. The highest BCUT2D eigenvalue weighted by Gasteiger charge is 2.31. The zero-order chi connectivity index (χ0) is 19.0. The second-order valence-electron chi connectivity index (χ2n) is 5.78. The topological polar surface area (TPSA) is 81.1 Å². The third-order valence-corrected chi connectivity index (χ3v) is 3.81. The molecule has 0 fully saturated rings. The van der Waals surface area contributed by atoms with Crippen molar-refractivity contribution in [3.63, 3.8) is 0 Å². The summed E-state index contributed by atoms with van der Waals surface area (Å²) in [6.45, 7) is 0. The van der Waals surface area contributed by atoms with Crippen LogP contribution in [0.5, 0.6) is 0 Å². The molecule has 10 heteroatoms. The molecule has 138 valence electrons. The van der Waals surface area contributed by atoms with Gasteiger partial charge in [0.15, 0.2) is 5.65 Å². The number of alkyl halides is 3. The second kappa shape index (κ2) is 6.38. The zero-order valence-corrected chi connectivity index (χ0v) is 14.0. The van der Waals surface area contributed by atoms with Crippen molar-refractivity contribution in [1.29, 1.82) is 0 Å². The lowest BCUT2D eigenvalue weighted by Gasteiger charge is -2.00. The average Bonchev–Trinajstić information content (AvgIpc) is 3.26. The number of fused-ring (bicyclic) bond motifs is 1. The van der Waals surface area contributed by atoms with Crippen molar-refractivity contribution < 1.29 is 17.7 Å². The van der Waals surface area contributed by atoms with Gasteiger partial charge in [-0.15, -0.1) is 5.10 Å². The SMILES string of the molecule is CNc1ccc2nc(-c3cccc(-c4noc(CC(F)(F)F)n4)c3)cn2n1. The van der Waals surface area contributed by atoms with Crippen LogP contribution in [0.15, 0.2) is 47.1 Å². The Morgan fingerprint density at radius 3 is 2.70 bits per heavy atom. The first-order valence-corrected chi connectivity index (χ1v) is 7.95. The van der Waals surface area contributed by atoms with E-state index in [0.29, 0.717) is 22.7 Å². The summed E-state index contributed by atoms with van der Waals surface area (Å²) < 4.78 is 43.7. The van der Waals surface area contributed by atoms with E-state index in [0.717, 1.165) is 5.56 Å². The molecule has 3 heterocycles. The lowest BCUT2D eigenvalue weighted by molar-refractivity contribution is -0.131. The van der Waals surface area contributed by atoms with Crippen molar-refractivity contribution in [3.05, 3.63) is 48.5 Å². The van der Waals surface area contributed by atoms with Gasteiger partial charge in [0.2, 0.25) is 11.7 Å². The largest absolute Gasteiger partial charge is 0.397 e. The minimum Gasteiger partial charge on any atom is -0.372 e. The fourth-order valence-corrected chi connectivity index (χ4v) is 2.59. The normalized spacial score (nSPS) is 11.9. The highest BCUT2D eigenvalue weighted by molar-refractivity contribution is 5.69. The zero-order valence-electron chi connectivity index (χ0n) is 14.0. The number of rotatable bonds is 4. The van der Waals surface area contributed by atoms with Crippen LogP contribution in [0.4, 0.5) is 19.0 Å². The number of hydrogen-bond donors (Lipinski definition) is 1. The van der Waals surface area contributed by atoms with Gasteiger partial charge in [0.1, 0.15) is 12.2 Å². The van der Waals surface area contributed by atoms with Crippen molar-refractivity contribution in [1.82, 2.24) is 24.7 Å². The molecule has 0 spiro atoms. The van der Waals surface area contributed by atoms with E-state index in [-0.39, 0.29) is 5.82 Å². The monoisotopic (exact) mass is 374 g/mol. The van der Waals surface area contributed by atoms with Crippen LogP contribution in [0.1, 0.15) is 5.89 Å². The summed E-state index contributed by atoms with van der Waals surface area (Å²) >= 11 is 0. The predicted molar refractivity (Wildman–Crippen MR) is 91.0 cm³/mol. The van der Waals surface area contributed by atoms with Crippen molar-refractivity contribution in [2.75, 3.05) is 12.4 Å². The third-order valence-electron chi connectivity index (χ3n) is 3.81. The molecule has 0 saturated heterocycles. The van der Waals surface area contributed by atoms with Crippen LogP contribution in [-0.2, 0) is 6.42 Å². The molecule has 0 aliphatic carbocycles. The van der Waals surface area contributed by atoms with Gasteiger partial charge in [0.25, 0.3) is 0 Å². The molecular formula is C17H13F3N6O. The van der Waals surface area contributed by atoms with Gasteiger partial charge in [-0.3, -0.25) is 0 Å². The van der Waals surface area contributed by atoms with E-state index < -0.39 is 18.5 Å². The summed E-state index contributed by atoms with van der Waals surface area (Å²) in [5.41, 5.74) is 2.62. The number of halogens is 3. The summed E-state index contributed by atoms with van der Waals surface area (Å²) in [6, 6.07) is 10.7. The van der Waals surface area contributed by atoms with Gasteiger partial charge in [0, 0.05) is 18.2 Å². The Bertz CT molecular complexity index is 1100. The molecule has 0 bridgehead atoms. The molecular weight excluding hydrogens is 361 g/mol. The quantitative estimate of drug-likeness (QED) is 0.588. The predicted octanol–water partition coefficient (Wildman–Crippen LogP) is 3.59. The van der Waals surface area contributed by atoms with Crippen LogP contribution in [0.3, 0.4) is 0 Å². The van der Waals surface area contributed by atoms with E-state index in [2.05, 4.69) is 25.5 Å². The highest BCUT2D eigenvalue weighted by Crippen LogP contribution is 2.26. The molecule has 0 saturated carbocycles.